The van der Waals surface area contributed by atoms with Gasteiger partial charge in [-0.05, 0) is 24.6 Å². The van der Waals surface area contributed by atoms with Crippen LogP contribution < -0.4 is 11.1 Å². The smallest absolute Gasteiger partial charge is 0.303 e. The van der Waals surface area contributed by atoms with Gasteiger partial charge < -0.3 is 16.2 Å². The molecule has 1 aromatic rings. The molecule has 0 bridgehead atoms. The molecule has 1 aromatic carbocycles. The highest BCUT2D eigenvalue weighted by Crippen LogP contribution is 2.27. The number of aliphatic carboxylic acids is 1. The highest BCUT2D eigenvalue weighted by molar-refractivity contribution is 9.10. The van der Waals surface area contributed by atoms with E-state index in [1.807, 2.05) is 12.1 Å². The number of hydrogen-bond donors (Lipinski definition) is 3. The van der Waals surface area contributed by atoms with Crippen LogP contribution in [-0.2, 0) is 9.59 Å². The number of carbonyl (C=O) groups excluding carboxylic acids is 1. The maximum Gasteiger partial charge on any atom is 0.303 e. The van der Waals surface area contributed by atoms with E-state index in [0.29, 0.717) is 18.7 Å². The van der Waals surface area contributed by atoms with Crippen molar-refractivity contribution in [3.05, 3.63) is 22.7 Å². The molecule has 0 aliphatic rings. The molecule has 1 amide bonds. The monoisotopic (exact) mass is 346 g/mol. The summed E-state index contributed by atoms with van der Waals surface area (Å²) in [6.45, 7) is 0.375. The largest absolute Gasteiger partial charge is 0.481 e. The molecule has 0 saturated heterocycles. The molecule has 0 saturated carbocycles. The number of amides is 1. The summed E-state index contributed by atoms with van der Waals surface area (Å²) in [6.07, 6.45) is 0.497. The van der Waals surface area contributed by atoms with Crippen molar-refractivity contribution in [2.24, 2.45) is 0 Å². The Bertz CT molecular complexity index is 468. The Morgan fingerprint density at radius 1 is 1.42 bits per heavy atom. The minimum Gasteiger partial charge on any atom is -0.481 e. The maximum absolute atomic E-state index is 11.5. The summed E-state index contributed by atoms with van der Waals surface area (Å²) in [7, 11) is 0. The molecule has 1 rings (SSSR count). The molecule has 0 aliphatic carbocycles. The van der Waals surface area contributed by atoms with Crippen LogP contribution in [0, 0.1) is 0 Å². The average molecular weight is 347 g/mol. The van der Waals surface area contributed by atoms with Crippen LogP contribution in [0.2, 0.25) is 0 Å². The normalized spacial score (nSPS) is 10.2. The van der Waals surface area contributed by atoms with E-state index in [1.165, 1.54) is 11.8 Å². The average Bonchev–Trinajstić information content (AvgIpc) is 2.35. The van der Waals surface area contributed by atoms with Gasteiger partial charge in [-0.15, -0.1) is 11.8 Å². The SMILES string of the molecule is Nc1ccc(Br)cc1SCC(=O)NCCCC(=O)O. The Labute approximate surface area is 124 Å². The fraction of sp³-hybridized carbons (Fsp3) is 0.333. The topological polar surface area (TPSA) is 92.4 Å². The lowest BCUT2D eigenvalue weighted by Crippen LogP contribution is -2.26. The third kappa shape index (κ3) is 6.49. The second-order valence-electron chi connectivity index (χ2n) is 3.82. The van der Waals surface area contributed by atoms with Gasteiger partial charge in [-0.25, -0.2) is 0 Å². The van der Waals surface area contributed by atoms with Gasteiger partial charge in [0.2, 0.25) is 5.91 Å². The summed E-state index contributed by atoms with van der Waals surface area (Å²) in [5, 5.41) is 11.1. The molecule has 0 atom stereocenters. The Morgan fingerprint density at radius 3 is 2.84 bits per heavy atom. The zero-order valence-electron chi connectivity index (χ0n) is 10.2. The molecule has 19 heavy (non-hydrogen) atoms. The first-order valence-corrected chi connectivity index (χ1v) is 7.43. The first kappa shape index (κ1) is 15.8. The predicted molar refractivity (Wildman–Crippen MR) is 79.2 cm³/mol. The van der Waals surface area contributed by atoms with Crippen molar-refractivity contribution < 1.29 is 14.7 Å². The molecular formula is C12H15BrN2O3S. The number of carbonyl (C=O) groups is 2. The second-order valence-corrected chi connectivity index (χ2v) is 5.75. The van der Waals surface area contributed by atoms with Crippen LogP contribution in [0.5, 0.6) is 0 Å². The van der Waals surface area contributed by atoms with E-state index in [2.05, 4.69) is 21.2 Å². The van der Waals surface area contributed by atoms with E-state index in [9.17, 15) is 9.59 Å². The molecular weight excluding hydrogens is 332 g/mol. The zero-order valence-corrected chi connectivity index (χ0v) is 12.6. The Hall–Kier alpha value is -1.21. The molecule has 0 spiro atoms. The fourth-order valence-corrected chi connectivity index (χ4v) is 2.64. The van der Waals surface area contributed by atoms with Gasteiger partial charge in [0.1, 0.15) is 0 Å². The molecule has 0 fully saturated rings. The van der Waals surface area contributed by atoms with Crippen LogP contribution in [0.15, 0.2) is 27.6 Å². The van der Waals surface area contributed by atoms with Crippen LogP contribution in [0.4, 0.5) is 5.69 Å². The molecule has 0 unspecified atom stereocenters. The lowest BCUT2D eigenvalue weighted by Gasteiger charge is -2.07. The maximum atomic E-state index is 11.5. The number of rotatable bonds is 7. The number of nitrogens with one attached hydrogen (secondary N) is 1. The fourth-order valence-electron chi connectivity index (χ4n) is 1.29. The Morgan fingerprint density at radius 2 is 2.16 bits per heavy atom. The number of halogens is 1. The number of thioether (sulfide) groups is 1. The molecule has 0 heterocycles. The molecule has 0 aromatic heterocycles. The van der Waals surface area contributed by atoms with Gasteiger partial charge in [-0.3, -0.25) is 9.59 Å². The zero-order chi connectivity index (χ0) is 14.3. The van der Waals surface area contributed by atoms with Gasteiger partial charge in [-0.2, -0.15) is 0 Å². The predicted octanol–water partition coefficient (Wildman–Crippen LogP) is 2.10. The minimum absolute atomic E-state index is 0.0615. The number of hydrogen-bond acceptors (Lipinski definition) is 4. The Balaban J connectivity index is 2.30. The molecule has 0 aliphatic heterocycles. The van der Waals surface area contributed by atoms with Crippen LogP contribution in [0.3, 0.4) is 0 Å². The number of nitrogen functional groups attached to an aromatic ring is 1. The molecule has 104 valence electrons. The molecule has 0 radical (unpaired) electrons. The van der Waals surface area contributed by atoms with Crippen LogP contribution in [-0.4, -0.2) is 29.3 Å². The summed E-state index contributed by atoms with van der Waals surface area (Å²) in [5.74, 6) is -0.728. The first-order chi connectivity index (χ1) is 8.99. The van der Waals surface area contributed by atoms with Crippen LogP contribution in [0.25, 0.3) is 0 Å². The number of benzene rings is 1. The van der Waals surface area contributed by atoms with Gasteiger partial charge in [-0.1, -0.05) is 15.9 Å². The summed E-state index contributed by atoms with van der Waals surface area (Å²) in [4.78, 5) is 22.7. The van der Waals surface area contributed by atoms with E-state index in [-0.39, 0.29) is 18.1 Å². The first-order valence-electron chi connectivity index (χ1n) is 5.65. The second kappa shape index (κ2) is 8.06. The van der Waals surface area contributed by atoms with Crippen molar-refractivity contribution in [2.45, 2.75) is 17.7 Å². The summed E-state index contributed by atoms with van der Waals surface area (Å²) >= 11 is 4.69. The summed E-state index contributed by atoms with van der Waals surface area (Å²) in [6, 6.07) is 5.47. The van der Waals surface area contributed by atoms with Crippen molar-refractivity contribution in [1.82, 2.24) is 5.32 Å². The van der Waals surface area contributed by atoms with Crippen molar-refractivity contribution in [1.29, 1.82) is 0 Å². The minimum atomic E-state index is -0.856. The van der Waals surface area contributed by atoms with E-state index < -0.39 is 5.97 Å². The van der Waals surface area contributed by atoms with Gasteiger partial charge in [0.15, 0.2) is 0 Å². The lowest BCUT2D eigenvalue weighted by molar-refractivity contribution is -0.137. The van der Waals surface area contributed by atoms with E-state index in [0.717, 1.165) is 9.37 Å². The van der Waals surface area contributed by atoms with E-state index in [4.69, 9.17) is 10.8 Å². The standard InChI is InChI=1S/C12H15BrN2O3S/c13-8-3-4-9(14)10(6-8)19-7-11(16)15-5-1-2-12(17)18/h3-4,6H,1-2,5,7,14H2,(H,15,16)(H,17,18). The van der Waals surface area contributed by atoms with Gasteiger partial charge in [0, 0.05) is 28.0 Å². The molecule has 4 N–H and O–H groups in total. The van der Waals surface area contributed by atoms with Gasteiger partial charge in [0.05, 0.1) is 5.75 Å². The third-order valence-electron chi connectivity index (χ3n) is 2.22. The van der Waals surface area contributed by atoms with Crippen molar-refractivity contribution in [2.75, 3.05) is 18.0 Å². The van der Waals surface area contributed by atoms with Gasteiger partial charge >= 0.3 is 5.97 Å². The highest BCUT2D eigenvalue weighted by Gasteiger charge is 2.06. The summed E-state index contributed by atoms with van der Waals surface area (Å²) < 4.78 is 0.908. The lowest BCUT2D eigenvalue weighted by atomic mass is 10.3. The Kier molecular flexibility index (Phi) is 6.72. The van der Waals surface area contributed by atoms with Gasteiger partial charge in [0.25, 0.3) is 0 Å². The van der Waals surface area contributed by atoms with Crippen molar-refractivity contribution in [3.8, 4) is 0 Å². The number of carboxylic acid groups (broad SMARTS) is 1. The summed E-state index contributed by atoms with van der Waals surface area (Å²) in [5.41, 5.74) is 6.42. The molecule has 5 nitrogen and oxygen atoms in total. The van der Waals surface area contributed by atoms with E-state index in [1.54, 1.807) is 6.07 Å². The highest BCUT2D eigenvalue weighted by atomic mass is 79.9. The number of nitrogens with two attached hydrogens (primary N) is 1. The van der Waals surface area contributed by atoms with Crippen molar-refractivity contribution in [3.63, 3.8) is 0 Å². The van der Waals surface area contributed by atoms with E-state index >= 15 is 0 Å². The van der Waals surface area contributed by atoms with Crippen LogP contribution >= 0.6 is 27.7 Å². The number of anilines is 1. The molecule has 7 heteroatoms. The quantitative estimate of drug-likeness (QED) is 0.399. The number of carboxylic acids is 1. The third-order valence-corrected chi connectivity index (χ3v) is 3.79. The van der Waals surface area contributed by atoms with Crippen molar-refractivity contribution >= 4 is 45.3 Å². The van der Waals surface area contributed by atoms with Crippen LogP contribution in [0.1, 0.15) is 12.8 Å².